The number of halogens is 4. The molecule has 0 aliphatic heterocycles. The minimum Gasteiger partial charge on any atom is -0.492 e. The van der Waals surface area contributed by atoms with E-state index < -0.39 is 11.7 Å². The van der Waals surface area contributed by atoms with Crippen LogP contribution in [0.4, 0.5) is 13.2 Å². The number of ether oxygens (including phenoxy) is 1. The van der Waals surface area contributed by atoms with Crippen molar-refractivity contribution >= 4 is 17.9 Å². The van der Waals surface area contributed by atoms with Crippen LogP contribution in [-0.2, 0) is 6.18 Å². The highest BCUT2D eigenvalue weighted by Gasteiger charge is 2.32. The molecule has 0 amide bonds. The molecule has 0 heterocycles. The lowest BCUT2D eigenvalue weighted by Crippen LogP contribution is -2.07. The largest absolute Gasteiger partial charge is 0.492 e. The van der Waals surface area contributed by atoms with Crippen LogP contribution >= 0.6 is 11.6 Å². The molecule has 0 saturated carbocycles. The molecule has 2 nitrogen and oxygen atoms in total. The van der Waals surface area contributed by atoms with E-state index in [0.29, 0.717) is 6.07 Å². The van der Waals surface area contributed by atoms with E-state index in [0.717, 1.165) is 6.07 Å². The molecule has 0 radical (unpaired) electrons. The van der Waals surface area contributed by atoms with Crippen LogP contribution in [-0.4, -0.2) is 12.9 Å². The average molecular weight is 253 g/mol. The summed E-state index contributed by atoms with van der Waals surface area (Å²) in [5, 5.41) is -0.223. The summed E-state index contributed by atoms with van der Waals surface area (Å²) >= 11 is 5.61. The van der Waals surface area contributed by atoms with Crippen molar-refractivity contribution in [3.63, 3.8) is 0 Å². The van der Waals surface area contributed by atoms with E-state index in [2.05, 4.69) is 0 Å². The predicted molar refractivity (Wildman–Crippen MR) is 53.0 cm³/mol. The first-order chi connectivity index (χ1) is 7.40. The number of hydrogen-bond donors (Lipinski definition) is 0. The Labute approximate surface area is 95.0 Å². The van der Waals surface area contributed by atoms with Gasteiger partial charge in [-0.15, -0.1) is 0 Å². The Balaban J connectivity index is 3.32. The fourth-order valence-corrected chi connectivity index (χ4v) is 1.44. The van der Waals surface area contributed by atoms with Crippen molar-refractivity contribution in [2.24, 2.45) is 0 Å². The van der Waals surface area contributed by atoms with Crippen LogP contribution in [0.25, 0.3) is 0 Å². The Hall–Kier alpha value is -1.23. The number of aldehydes is 1. The van der Waals surface area contributed by atoms with Gasteiger partial charge in [0.25, 0.3) is 0 Å². The highest BCUT2D eigenvalue weighted by Crippen LogP contribution is 2.36. The molecule has 1 aromatic carbocycles. The maximum absolute atomic E-state index is 12.4. The molecule has 0 aliphatic carbocycles. The molecule has 0 saturated heterocycles. The van der Waals surface area contributed by atoms with Crippen molar-refractivity contribution in [1.82, 2.24) is 0 Å². The zero-order chi connectivity index (χ0) is 12.3. The van der Waals surface area contributed by atoms with Crippen LogP contribution < -0.4 is 4.74 Å². The summed E-state index contributed by atoms with van der Waals surface area (Å²) < 4.78 is 42.2. The molecule has 0 aliphatic rings. The lowest BCUT2D eigenvalue weighted by Gasteiger charge is -2.12. The molecule has 0 unspecified atom stereocenters. The third-order valence-corrected chi connectivity index (χ3v) is 2.10. The van der Waals surface area contributed by atoms with Gasteiger partial charge >= 0.3 is 6.18 Å². The first-order valence-corrected chi connectivity index (χ1v) is 4.76. The normalized spacial score (nSPS) is 11.3. The van der Waals surface area contributed by atoms with Gasteiger partial charge in [-0.2, -0.15) is 13.2 Å². The zero-order valence-corrected chi connectivity index (χ0v) is 9.02. The van der Waals surface area contributed by atoms with Crippen LogP contribution in [0.1, 0.15) is 22.8 Å². The quantitative estimate of drug-likeness (QED) is 0.769. The van der Waals surface area contributed by atoms with Crippen molar-refractivity contribution < 1.29 is 22.7 Å². The number of carbonyl (C=O) groups is 1. The first-order valence-electron chi connectivity index (χ1n) is 4.38. The summed E-state index contributed by atoms with van der Waals surface area (Å²) in [6.07, 6.45) is -4.25. The number of hydrogen-bond acceptors (Lipinski definition) is 2. The number of rotatable bonds is 3. The highest BCUT2D eigenvalue weighted by molar-refractivity contribution is 6.32. The second kappa shape index (κ2) is 4.74. The third kappa shape index (κ3) is 2.66. The third-order valence-electron chi connectivity index (χ3n) is 1.82. The van der Waals surface area contributed by atoms with Crippen molar-refractivity contribution in [3.8, 4) is 5.75 Å². The molecule has 1 aromatic rings. The summed E-state index contributed by atoms with van der Waals surface area (Å²) in [5.74, 6) is -0.0211. The predicted octanol–water partition coefficient (Wildman–Crippen LogP) is 3.57. The van der Waals surface area contributed by atoms with E-state index in [9.17, 15) is 18.0 Å². The maximum atomic E-state index is 12.4. The molecule has 6 heteroatoms. The van der Waals surface area contributed by atoms with Crippen molar-refractivity contribution in [2.75, 3.05) is 6.61 Å². The molecule has 0 fully saturated rings. The summed E-state index contributed by atoms with van der Waals surface area (Å²) in [5.41, 5.74) is -1.18. The molecule has 1 rings (SSSR count). The fourth-order valence-electron chi connectivity index (χ4n) is 1.16. The van der Waals surface area contributed by atoms with E-state index in [1.54, 1.807) is 6.92 Å². The van der Waals surface area contributed by atoms with Crippen LogP contribution in [0.3, 0.4) is 0 Å². The minimum absolute atomic E-state index is 0.0211. The van der Waals surface area contributed by atoms with Gasteiger partial charge in [0.1, 0.15) is 5.75 Å². The molecule has 0 spiro atoms. The lowest BCUT2D eigenvalue weighted by atomic mass is 10.1. The van der Waals surface area contributed by atoms with Crippen LogP contribution in [0, 0.1) is 0 Å². The van der Waals surface area contributed by atoms with Gasteiger partial charge in [0.15, 0.2) is 6.29 Å². The Bertz CT molecular complexity index is 402. The number of benzene rings is 1. The minimum atomic E-state index is -4.54. The second-order valence-electron chi connectivity index (χ2n) is 2.93. The molecule has 88 valence electrons. The Kier molecular flexibility index (Phi) is 3.80. The number of carbonyl (C=O) groups excluding carboxylic acids is 1. The molecular weight excluding hydrogens is 245 g/mol. The smallest absolute Gasteiger partial charge is 0.416 e. The Morgan fingerprint density at radius 3 is 2.50 bits per heavy atom. The van der Waals surface area contributed by atoms with Gasteiger partial charge in [0.2, 0.25) is 0 Å². The molecule has 0 atom stereocenters. The van der Waals surface area contributed by atoms with Gasteiger partial charge < -0.3 is 4.74 Å². The van der Waals surface area contributed by atoms with Crippen LogP contribution in [0.5, 0.6) is 5.75 Å². The van der Waals surface area contributed by atoms with Gasteiger partial charge in [-0.05, 0) is 19.1 Å². The Morgan fingerprint density at radius 1 is 1.44 bits per heavy atom. The van der Waals surface area contributed by atoms with E-state index in [-0.39, 0.29) is 29.2 Å². The SMILES string of the molecule is CCOc1c(Cl)cc(C(F)(F)F)cc1C=O. The monoisotopic (exact) mass is 252 g/mol. The average Bonchev–Trinajstić information content (AvgIpc) is 2.19. The molecule has 16 heavy (non-hydrogen) atoms. The molecule has 0 N–H and O–H groups in total. The fraction of sp³-hybridized carbons (Fsp3) is 0.300. The number of alkyl halides is 3. The summed E-state index contributed by atoms with van der Waals surface area (Å²) in [7, 11) is 0. The lowest BCUT2D eigenvalue weighted by molar-refractivity contribution is -0.137. The van der Waals surface area contributed by atoms with Gasteiger partial charge in [-0.1, -0.05) is 11.6 Å². The van der Waals surface area contributed by atoms with E-state index in [1.165, 1.54) is 0 Å². The van der Waals surface area contributed by atoms with E-state index >= 15 is 0 Å². The van der Waals surface area contributed by atoms with Crippen molar-refractivity contribution in [2.45, 2.75) is 13.1 Å². The maximum Gasteiger partial charge on any atom is 0.416 e. The van der Waals surface area contributed by atoms with E-state index in [1.807, 2.05) is 0 Å². The van der Waals surface area contributed by atoms with Crippen LogP contribution in [0.2, 0.25) is 5.02 Å². The van der Waals surface area contributed by atoms with Gasteiger partial charge in [-0.25, -0.2) is 0 Å². The van der Waals surface area contributed by atoms with Gasteiger partial charge in [0, 0.05) is 0 Å². The van der Waals surface area contributed by atoms with Crippen LogP contribution in [0.15, 0.2) is 12.1 Å². The summed E-state index contributed by atoms with van der Waals surface area (Å²) in [6, 6.07) is 1.45. The molecule has 0 aromatic heterocycles. The topological polar surface area (TPSA) is 26.3 Å². The zero-order valence-electron chi connectivity index (χ0n) is 8.27. The van der Waals surface area contributed by atoms with Gasteiger partial charge in [0.05, 0.1) is 22.8 Å². The highest BCUT2D eigenvalue weighted by atomic mass is 35.5. The van der Waals surface area contributed by atoms with E-state index in [4.69, 9.17) is 16.3 Å². The second-order valence-corrected chi connectivity index (χ2v) is 3.33. The first kappa shape index (κ1) is 12.8. The summed E-state index contributed by atoms with van der Waals surface area (Å²) in [4.78, 5) is 10.6. The standard InChI is InChI=1S/C10H8ClF3O2/c1-2-16-9-6(5-15)3-7(4-8(9)11)10(12,13)14/h3-5H,2H2,1H3. The summed E-state index contributed by atoms with van der Waals surface area (Å²) in [6.45, 7) is 1.86. The van der Waals surface area contributed by atoms with Crippen molar-refractivity contribution in [1.29, 1.82) is 0 Å². The van der Waals surface area contributed by atoms with Crippen molar-refractivity contribution in [3.05, 3.63) is 28.3 Å². The van der Waals surface area contributed by atoms with Gasteiger partial charge in [-0.3, -0.25) is 4.79 Å². The molecule has 0 bridgehead atoms. The Morgan fingerprint density at radius 2 is 2.06 bits per heavy atom. The molecular formula is C10H8ClF3O2.